The third-order valence-corrected chi connectivity index (χ3v) is 4.96. The lowest BCUT2D eigenvalue weighted by Gasteiger charge is -2.32. The van der Waals surface area contributed by atoms with Crippen LogP contribution in [0.3, 0.4) is 0 Å². The summed E-state index contributed by atoms with van der Waals surface area (Å²) in [6.07, 6.45) is 7.94. The molecule has 0 N–H and O–H groups in total. The Bertz CT molecular complexity index is 633. The second-order valence-corrected chi connectivity index (χ2v) is 6.85. The minimum Gasteiger partial charge on any atom is -0.342 e. The highest BCUT2D eigenvalue weighted by Gasteiger charge is 2.26. The number of nitrogens with zero attached hydrogens (tertiary/aromatic N) is 3. The highest BCUT2D eigenvalue weighted by molar-refractivity contribution is 7.99. The van der Waals surface area contributed by atoms with Crippen molar-refractivity contribution in [2.75, 3.05) is 25.1 Å². The number of aromatic nitrogens is 2. The van der Waals surface area contributed by atoms with Gasteiger partial charge in [-0.15, -0.1) is 0 Å². The van der Waals surface area contributed by atoms with Crippen molar-refractivity contribution >= 4 is 17.7 Å². The lowest BCUT2D eigenvalue weighted by Crippen LogP contribution is -2.39. The van der Waals surface area contributed by atoms with Crippen molar-refractivity contribution < 1.29 is 4.79 Å². The molecule has 0 bridgehead atoms. The number of rotatable bonds is 5. The molecule has 5 heteroatoms. The molecular formula is C18H23N3OS. The highest BCUT2D eigenvalue weighted by Crippen LogP contribution is 2.27. The fraction of sp³-hybridized carbons (Fsp3) is 0.444. The molecule has 0 spiro atoms. The number of likely N-dealkylation sites (tertiary alicyclic amines) is 1. The quantitative estimate of drug-likeness (QED) is 0.846. The molecule has 1 aliphatic heterocycles. The zero-order chi connectivity index (χ0) is 16.1. The van der Waals surface area contributed by atoms with E-state index in [1.165, 1.54) is 5.56 Å². The van der Waals surface area contributed by atoms with Gasteiger partial charge in [0.1, 0.15) is 5.82 Å². The van der Waals surface area contributed by atoms with Gasteiger partial charge in [0.2, 0.25) is 5.91 Å². The van der Waals surface area contributed by atoms with E-state index in [1.54, 1.807) is 11.8 Å². The van der Waals surface area contributed by atoms with E-state index in [9.17, 15) is 4.79 Å². The van der Waals surface area contributed by atoms with Crippen molar-refractivity contribution in [2.45, 2.75) is 25.3 Å². The Balaban J connectivity index is 1.63. The van der Waals surface area contributed by atoms with Crippen LogP contribution in [0.5, 0.6) is 0 Å². The van der Waals surface area contributed by atoms with Gasteiger partial charge in [-0.3, -0.25) is 4.79 Å². The zero-order valence-electron chi connectivity index (χ0n) is 13.5. The van der Waals surface area contributed by atoms with Crippen LogP contribution in [0.4, 0.5) is 0 Å². The topological polar surface area (TPSA) is 38.1 Å². The number of hydrogen-bond donors (Lipinski definition) is 0. The monoisotopic (exact) mass is 329 g/mol. The SMILES string of the molecule is CSCC(=O)N1CCC(c2nccn2Cc2ccccc2)CC1. The molecule has 1 aromatic carbocycles. The molecule has 23 heavy (non-hydrogen) atoms. The standard InChI is InChI=1S/C18H23N3OS/c1-23-14-17(22)20-10-7-16(8-11-20)18-19-9-12-21(18)13-15-5-3-2-4-6-15/h2-6,9,12,16H,7-8,10-11,13-14H2,1H3. The maximum Gasteiger partial charge on any atom is 0.232 e. The summed E-state index contributed by atoms with van der Waals surface area (Å²) in [5, 5.41) is 0. The average Bonchev–Trinajstić information content (AvgIpc) is 3.04. The van der Waals surface area contributed by atoms with Gasteiger partial charge >= 0.3 is 0 Å². The van der Waals surface area contributed by atoms with Gasteiger partial charge in [-0.2, -0.15) is 11.8 Å². The molecule has 1 aromatic heterocycles. The fourth-order valence-corrected chi connectivity index (χ4v) is 3.63. The highest BCUT2D eigenvalue weighted by atomic mass is 32.2. The number of thioether (sulfide) groups is 1. The summed E-state index contributed by atoms with van der Waals surface area (Å²) in [6.45, 7) is 2.56. The Morgan fingerprint density at radius 2 is 2.00 bits per heavy atom. The van der Waals surface area contributed by atoms with E-state index in [1.807, 2.05) is 23.4 Å². The lowest BCUT2D eigenvalue weighted by atomic mass is 9.95. The zero-order valence-corrected chi connectivity index (χ0v) is 14.3. The van der Waals surface area contributed by atoms with Gasteiger partial charge < -0.3 is 9.47 Å². The van der Waals surface area contributed by atoms with Crippen molar-refractivity contribution in [3.63, 3.8) is 0 Å². The van der Waals surface area contributed by atoms with Gasteiger partial charge in [0.15, 0.2) is 0 Å². The molecule has 122 valence electrons. The Kier molecular flexibility index (Phi) is 5.39. The average molecular weight is 329 g/mol. The first-order valence-electron chi connectivity index (χ1n) is 8.09. The molecule has 1 aliphatic rings. The Labute approximate surface area is 141 Å². The van der Waals surface area contributed by atoms with Crippen LogP contribution in [0.15, 0.2) is 42.7 Å². The van der Waals surface area contributed by atoms with Gasteiger partial charge in [-0.05, 0) is 24.7 Å². The number of carbonyl (C=O) groups is 1. The molecule has 2 aromatic rings. The molecular weight excluding hydrogens is 306 g/mol. The predicted octanol–water partition coefficient (Wildman–Crippen LogP) is 3.00. The van der Waals surface area contributed by atoms with E-state index in [2.05, 4.69) is 40.0 Å². The van der Waals surface area contributed by atoms with Gasteiger partial charge in [0.25, 0.3) is 0 Å². The van der Waals surface area contributed by atoms with Crippen LogP contribution >= 0.6 is 11.8 Å². The molecule has 0 saturated carbocycles. The first-order valence-corrected chi connectivity index (χ1v) is 9.49. The van der Waals surface area contributed by atoms with E-state index in [-0.39, 0.29) is 5.91 Å². The molecule has 0 aliphatic carbocycles. The molecule has 0 unspecified atom stereocenters. The second kappa shape index (κ2) is 7.68. The van der Waals surface area contributed by atoms with Crippen molar-refractivity contribution in [1.82, 2.24) is 14.5 Å². The number of amides is 1. The largest absolute Gasteiger partial charge is 0.342 e. The summed E-state index contributed by atoms with van der Waals surface area (Å²) >= 11 is 1.60. The summed E-state index contributed by atoms with van der Waals surface area (Å²) in [6, 6.07) is 10.5. The summed E-state index contributed by atoms with van der Waals surface area (Å²) < 4.78 is 2.25. The Hall–Kier alpha value is -1.75. The second-order valence-electron chi connectivity index (χ2n) is 5.99. The predicted molar refractivity (Wildman–Crippen MR) is 94.7 cm³/mol. The van der Waals surface area contributed by atoms with Crippen LogP contribution in [0.2, 0.25) is 0 Å². The minimum absolute atomic E-state index is 0.267. The van der Waals surface area contributed by atoms with Gasteiger partial charge in [0.05, 0.1) is 5.75 Å². The molecule has 1 saturated heterocycles. The van der Waals surface area contributed by atoms with E-state index in [4.69, 9.17) is 0 Å². The maximum atomic E-state index is 12.0. The molecule has 1 amide bonds. The van der Waals surface area contributed by atoms with Crippen LogP contribution in [0.1, 0.15) is 30.1 Å². The van der Waals surface area contributed by atoms with Gasteiger partial charge in [0, 0.05) is 37.9 Å². The lowest BCUT2D eigenvalue weighted by molar-refractivity contribution is -0.129. The fourth-order valence-electron chi connectivity index (χ4n) is 3.20. The number of benzene rings is 1. The van der Waals surface area contributed by atoms with Crippen LogP contribution in [0.25, 0.3) is 0 Å². The Morgan fingerprint density at radius 3 is 2.70 bits per heavy atom. The first-order chi connectivity index (χ1) is 11.3. The number of carbonyl (C=O) groups excluding carboxylic acids is 1. The van der Waals surface area contributed by atoms with E-state index in [0.717, 1.165) is 38.3 Å². The van der Waals surface area contributed by atoms with Crippen molar-refractivity contribution in [3.05, 3.63) is 54.1 Å². The Morgan fingerprint density at radius 1 is 1.26 bits per heavy atom. The van der Waals surface area contributed by atoms with Crippen molar-refractivity contribution in [1.29, 1.82) is 0 Å². The summed E-state index contributed by atoms with van der Waals surface area (Å²) in [5.41, 5.74) is 1.29. The van der Waals surface area contributed by atoms with Gasteiger partial charge in [-0.25, -0.2) is 4.98 Å². The van der Waals surface area contributed by atoms with Crippen LogP contribution in [0, 0.1) is 0 Å². The van der Waals surface area contributed by atoms with E-state index < -0.39 is 0 Å². The van der Waals surface area contributed by atoms with Crippen LogP contribution in [-0.2, 0) is 11.3 Å². The van der Waals surface area contributed by atoms with Crippen molar-refractivity contribution in [2.24, 2.45) is 0 Å². The third-order valence-electron chi connectivity index (χ3n) is 4.42. The number of piperidine rings is 1. The molecule has 2 heterocycles. The van der Waals surface area contributed by atoms with E-state index >= 15 is 0 Å². The first kappa shape index (κ1) is 16.1. The number of hydrogen-bond acceptors (Lipinski definition) is 3. The third kappa shape index (κ3) is 3.96. The minimum atomic E-state index is 0.267. The molecule has 0 radical (unpaired) electrons. The maximum absolute atomic E-state index is 12.0. The normalized spacial score (nSPS) is 15.8. The smallest absolute Gasteiger partial charge is 0.232 e. The number of imidazole rings is 1. The molecule has 0 atom stereocenters. The molecule has 4 nitrogen and oxygen atoms in total. The van der Waals surface area contributed by atoms with Crippen molar-refractivity contribution in [3.8, 4) is 0 Å². The summed E-state index contributed by atoms with van der Waals surface area (Å²) in [7, 11) is 0. The molecule has 1 fully saturated rings. The van der Waals surface area contributed by atoms with Crippen LogP contribution < -0.4 is 0 Å². The summed E-state index contributed by atoms with van der Waals surface area (Å²) in [4.78, 5) is 18.6. The van der Waals surface area contributed by atoms with Crippen LogP contribution in [-0.4, -0.2) is 45.5 Å². The van der Waals surface area contributed by atoms with E-state index in [0.29, 0.717) is 11.7 Å². The summed E-state index contributed by atoms with van der Waals surface area (Å²) in [5.74, 6) is 2.47. The molecule has 3 rings (SSSR count). The van der Waals surface area contributed by atoms with Gasteiger partial charge in [-0.1, -0.05) is 30.3 Å².